The number of aromatic nitrogens is 1. The van der Waals surface area contributed by atoms with Gasteiger partial charge in [0.15, 0.2) is 0 Å². The summed E-state index contributed by atoms with van der Waals surface area (Å²) in [6, 6.07) is 21.8. The summed E-state index contributed by atoms with van der Waals surface area (Å²) in [4.78, 5) is 18.7. The number of phenolic OH excluding ortho intramolecular Hbond substituents is 1. The van der Waals surface area contributed by atoms with Crippen LogP contribution in [0.1, 0.15) is 10.9 Å². The average molecular weight is 461 g/mol. The first kappa shape index (κ1) is 20.5. The molecule has 0 radical (unpaired) electrons. The van der Waals surface area contributed by atoms with Gasteiger partial charge in [0.2, 0.25) is 5.91 Å². The van der Waals surface area contributed by atoms with Crippen LogP contribution in [0, 0.1) is 0 Å². The zero-order valence-electron chi connectivity index (χ0n) is 16.7. The van der Waals surface area contributed by atoms with Crippen LogP contribution in [0.2, 0.25) is 5.02 Å². The van der Waals surface area contributed by atoms with E-state index in [1.807, 2.05) is 54.6 Å². The van der Waals surface area contributed by atoms with Gasteiger partial charge in [0.25, 0.3) is 0 Å². The number of rotatable bonds is 4. The molecule has 2 heterocycles. The summed E-state index contributed by atoms with van der Waals surface area (Å²) in [5, 5.41) is 19.9. The van der Waals surface area contributed by atoms with Crippen molar-refractivity contribution >= 4 is 57.2 Å². The fraction of sp³-hybridized carbons (Fsp3) is 0.0833. The maximum Gasteiger partial charge on any atom is 0.238 e. The molecule has 0 aliphatic carbocycles. The number of hydrogen-bond donors (Lipinski definition) is 1. The summed E-state index contributed by atoms with van der Waals surface area (Å²) in [7, 11) is 0. The molecule has 0 spiro atoms. The molecule has 1 unspecified atom stereocenters. The number of phenols is 1. The predicted octanol–water partition coefficient (Wildman–Crippen LogP) is 6.79. The van der Waals surface area contributed by atoms with Crippen molar-refractivity contribution in [2.24, 2.45) is 10.2 Å². The third-order valence-electron chi connectivity index (χ3n) is 5.15. The summed E-state index contributed by atoms with van der Waals surface area (Å²) in [6.07, 6.45) is 1.62. The van der Waals surface area contributed by atoms with E-state index in [1.54, 1.807) is 41.1 Å². The smallest absolute Gasteiger partial charge is 0.238 e. The molecule has 1 aliphatic rings. The van der Waals surface area contributed by atoms with E-state index < -0.39 is 0 Å². The van der Waals surface area contributed by atoms with E-state index in [0.717, 1.165) is 11.3 Å². The van der Waals surface area contributed by atoms with E-state index in [9.17, 15) is 9.90 Å². The van der Waals surface area contributed by atoms with Gasteiger partial charge in [-0.1, -0.05) is 35.9 Å². The number of carbonyl (C=O) groups is 1. The number of azo groups is 1. The van der Waals surface area contributed by atoms with Gasteiger partial charge in [-0.3, -0.25) is 14.7 Å². The zero-order chi connectivity index (χ0) is 22.1. The lowest BCUT2D eigenvalue weighted by Gasteiger charge is -2.25. The number of thioether (sulfide) groups is 1. The van der Waals surface area contributed by atoms with Crippen LogP contribution in [0.5, 0.6) is 5.75 Å². The number of carbonyl (C=O) groups excluding carboxylic acids is 1. The van der Waals surface area contributed by atoms with E-state index in [2.05, 4.69) is 15.2 Å². The van der Waals surface area contributed by atoms with Crippen molar-refractivity contribution in [2.45, 2.75) is 5.37 Å². The predicted molar refractivity (Wildman–Crippen MR) is 128 cm³/mol. The van der Waals surface area contributed by atoms with E-state index in [4.69, 9.17) is 11.6 Å². The van der Waals surface area contributed by atoms with Gasteiger partial charge in [0.1, 0.15) is 16.6 Å². The molecule has 158 valence electrons. The summed E-state index contributed by atoms with van der Waals surface area (Å²) in [6.45, 7) is 0. The Bertz CT molecular complexity index is 1360. The van der Waals surface area contributed by atoms with E-state index >= 15 is 0 Å². The summed E-state index contributed by atoms with van der Waals surface area (Å²) >= 11 is 7.95. The summed E-state index contributed by atoms with van der Waals surface area (Å²) < 4.78 is 0. The van der Waals surface area contributed by atoms with Crippen molar-refractivity contribution in [1.29, 1.82) is 0 Å². The monoisotopic (exact) mass is 460 g/mol. The largest absolute Gasteiger partial charge is 0.506 e. The average Bonchev–Trinajstić information content (AvgIpc) is 3.20. The number of amides is 1. The van der Waals surface area contributed by atoms with Gasteiger partial charge in [0.05, 0.1) is 17.1 Å². The molecule has 1 fully saturated rings. The van der Waals surface area contributed by atoms with Crippen molar-refractivity contribution < 1.29 is 9.90 Å². The zero-order valence-corrected chi connectivity index (χ0v) is 18.3. The van der Waals surface area contributed by atoms with Crippen molar-refractivity contribution in [3.63, 3.8) is 0 Å². The maximum absolute atomic E-state index is 12.7. The number of benzene rings is 3. The molecule has 1 aromatic heterocycles. The van der Waals surface area contributed by atoms with Crippen molar-refractivity contribution in [1.82, 2.24) is 4.98 Å². The summed E-state index contributed by atoms with van der Waals surface area (Å²) in [5.74, 6) is 0.496. The molecular weight excluding hydrogens is 444 g/mol. The van der Waals surface area contributed by atoms with Gasteiger partial charge in [-0.2, -0.15) is 5.11 Å². The lowest BCUT2D eigenvalue weighted by atomic mass is 10.1. The van der Waals surface area contributed by atoms with E-state index in [-0.39, 0.29) is 17.0 Å². The number of fused-ring (bicyclic) bond motifs is 1. The highest BCUT2D eigenvalue weighted by Gasteiger charge is 2.35. The highest BCUT2D eigenvalue weighted by atomic mass is 35.5. The standard InChI is InChI=1S/C24H17ClN4O2S/c25-19-9-2-1-7-17(19)24-29(22(31)14-32-24)16-6-3-5-15(13-16)27-28-20-10-11-21(30)23-18(20)8-4-12-26-23/h1-13,24,30H,14H2. The first-order valence-electron chi connectivity index (χ1n) is 9.88. The molecule has 1 aliphatic heterocycles. The van der Waals surface area contributed by atoms with E-state index in [1.165, 1.54) is 0 Å². The van der Waals surface area contributed by atoms with Crippen LogP contribution in [-0.2, 0) is 4.79 Å². The Kier molecular flexibility index (Phi) is 5.51. The van der Waals surface area contributed by atoms with Crippen LogP contribution in [0.15, 0.2) is 89.2 Å². The third-order valence-corrected chi connectivity index (χ3v) is 6.68. The minimum Gasteiger partial charge on any atom is -0.506 e. The Morgan fingerprint density at radius 2 is 1.91 bits per heavy atom. The SMILES string of the molecule is O=C1CSC(c2ccccc2Cl)N1c1cccc(N=Nc2ccc(O)c3ncccc23)c1. The number of halogens is 1. The van der Waals surface area contributed by atoms with Crippen LogP contribution in [0.4, 0.5) is 17.1 Å². The van der Waals surface area contributed by atoms with Crippen LogP contribution in [0.25, 0.3) is 10.9 Å². The number of aromatic hydroxyl groups is 1. The fourth-order valence-corrected chi connectivity index (χ4v) is 5.17. The minimum absolute atomic E-state index is 0.0182. The Hall–Kier alpha value is -3.42. The molecular formula is C24H17ClN4O2S. The molecule has 5 rings (SSSR count). The second-order valence-corrected chi connectivity index (χ2v) is 8.65. The lowest BCUT2D eigenvalue weighted by molar-refractivity contribution is -0.115. The van der Waals surface area contributed by atoms with Crippen molar-refractivity contribution in [3.05, 3.63) is 89.6 Å². The highest BCUT2D eigenvalue weighted by Crippen LogP contribution is 2.44. The number of anilines is 1. The number of pyridine rings is 1. The van der Waals surface area contributed by atoms with Crippen molar-refractivity contribution in [2.75, 3.05) is 10.7 Å². The lowest BCUT2D eigenvalue weighted by Crippen LogP contribution is -2.27. The van der Waals surface area contributed by atoms with Crippen LogP contribution in [0.3, 0.4) is 0 Å². The van der Waals surface area contributed by atoms with Gasteiger partial charge in [-0.15, -0.1) is 16.9 Å². The third kappa shape index (κ3) is 3.81. The quantitative estimate of drug-likeness (QED) is 0.340. The van der Waals surface area contributed by atoms with Crippen LogP contribution >= 0.6 is 23.4 Å². The Labute approximate surface area is 193 Å². The highest BCUT2D eigenvalue weighted by molar-refractivity contribution is 8.00. The number of hydrogen-bond acceptors (Lipinski definition) is 6. The Morgan fingerprint density at radius 3 is 2.78 bits per heavy atom. The molecule has 4 aromatic rings. The first-order valence-corrected chi connectivity index (χ1v) is 11.3. The molecule has 32 heavy (non-hydrogen) atoms. The molecule has 1 amide bonds. The molecule has 0 bridgehead atoms. The molecule has 3 aromatic carbocycles. The second-order valence-electron chi connectivity index (χ2n) is 7.17. The van der Waals surface area contributed by atoms with Gasteiger partial charge < -0.3 is 5.11 Å². The van der Waals surface area contributed by atoms with Gasteiger partial charge in [-0.25, -0.2) is 0 Å². The Balaban J connectivity index is 1.48. The molecule has 0 saturated carbocycles. The normalized spacial score (nSPS) is 16.3. The topological polar surface area (TPSA) is 78.2 Å². The van der Waals surface area contributed by atoms with Crippen LogP contribution < -0.4 is 4.90 Å². The van der Waals surface area contributed by atoms with Crippen LogP contribution in [-0.4, -0.2) is 21.8 Å². The summed E-state index contributed by atoms with van der Waals surface area (Å²) in [5.41, 5.74) is 3.31. The van der Waals surface area contributed by atoms with Gasteiger partial charge in [0, 0.05) is 27.9 Å². The maximum atomic E-state index is 12.7. The minimum atomic E-state index is -0.199. The molecule has 8 heteroatoms. The van der Waals surface area contributed by atoms with Gasteiger partial charge in [-0.05, 0) is 48.5 Å². The van der Waals surface area contributed by atoms with Gasteiger partial charge >= 0.3 is 0 Å². The molecule has 1 atom stereocenters. The fourth-order valence-electron chi connectivity index (χ4n) is 3.66. The molecule has 6 nitrogen and oxygen atoms in total. The molecule has 1 N–H and O–H groups in total. The molecule has 1 saturated heterocycles. The number of nitrogens with zero attached hydrogens (tertiary/aromatic N) is 4. The Morgan fingerprint density at radius 1 is 1.03 bits per heavy atom. The van der Waals surface area contributed by atoms with E-state index in [0.29, 0.717) is 33.1 Å². The first-order chi connectivity index (χ1) is 15.6. The van der Waals surface area contributed by atoms with Crippen molar-refractivity contribution in [3.8, 4) is 5.75 Å². The second kappa shape index (κ2) is 8.61.